The highest BCUT2D eigenvalue weighted by molar-refractivity contribution is 5.92. The van der Waals surface area contributed by atoms with Crippen molar-refractivity contribution >= 4 is 35.7 Å². The van der Waals surface area contributed by atoms with E-state index in [1.54, 1.807) is 29.1 Å². The van der Waals surface area contributed by atoms with Crippen LogP contribution in [-0.4, -0.2) is 74.8 Å². The van der Waals surface area contributed by atoms with E-state index in [4.69, 9.17) is 9.47 Å². The number of benzene rings is 2. The number of anilines is 2. The second-order valence-electron chi connectivity index (χ2n) is 10.6. The number of nitrogens with zero attached hydrogens (tertiary/aromatic N) is 5. The van der Waals surface area contributed by atoms with Crippen LogP contribution in [0, 0.1) is 6.92 Å². The average molecular weight is 614 g/mol. The summed E-state index contributed by atoms with van der Waals surface area (Å²) in [7, 11) is 1.52. The molecule has 2 aromatic carbocycles. The number of fused-ring (bicyclic) bond motifs is 4. The van der Waals surface area contributed by atoms with E-state index in [9.17, 15) is 14.4 Å². The van der Waals surface area contributed by atoms with E-state index in [-0.39, 0.29) is 25.2 Å². The number of aromatic amines is 1. The zero-order valence-electron chi connectivity index (χ0n) is 25.0. The lowest BCUT2D eigenvalue weighted by Crippen LogP contribution is -2.28. The molecule has 0 spiro atoms. The molecular formula is C31H35N9O5. The van der Waals surface area contributed by atoms with Gasteiger partial charge in [-0.25, -0.2) is 9.78 Å². The number of carbonyl (C=O) groups excluding carboxylic acids is 3. The number of nitrogens with one attached hydrogen (secondary N) is 4. The molecule has 4 aromatic rings. The Bertz CT molecular complexity index is 1650. The number of rotatable bonds is 9. The summed E-state index contributed by atoms with van der Waals surface area (Å²) < 4.78 is 11.6. The molecular weight excluding hydrogens is 578 g/mol. The Hall–Kier alpha value is -5.37. The van der Waals surface area contributed by atoms with E-state index >= 15 is 0 Å². The highest BCUT2D eigenvalue weighted by Crippen LogP contribution is 2.32. The number of carbonyl (C=O) groups is 3. The topological polar surface area (TPSA) is 178 Å². The summed E-state index contributed by atoms with van der Waals surface area (Å²) in [5, 5.41) is 20.5. The summed E-state index contributed by atoms with van der Waals surface area (Å²) in [6.45, 7) is 2.38. The zero-order chi connectivity index (χ0) is 31.6. The molecule has 0 fully saturated rings. The number of hydrogen-bond donors (Lipinski definition) is 4. The molecule has 14 heteroatoms. The first kappa shape index (κ1) is 31.1. The standard InChI is InChI=1S/C31H35N9O5/c1-20-7-11-28(40-19-33-38-39-40)21(15-20)8-12-29(42)36-25-6-4-3-5-23(18-41)34-26-16-22(35-31(43)45-14-13-44-2)9-10-24(26)27-17-32-30(25)37-27/h7-12,15-19,23,25,34H,3-6,13-14H2,1-2H3,(H,32,37)(H,35,43)(H,36,42)/b12-8+/t23-,25+/m1/s1. The third-order valence-electron chi connectivity index (χ3n) is 7.28. The number of hydrogen-bond acceptors (Lipinski definition) is 10. The molecule has 1 aliphatic rings. The molecule has 2 bridgehead atoms. The van der Waals surface area contributed by atoms with Crippen LogP contribution in [-0.2, 0) is 19.1 Å². The molecule has 3 heterocycles. The number of aldehydes is 1. The Balaban J connectivity index is 1.36. The van der Waals surface area contributed by atoms with Crippen LogP contribution < -0.4 is 16.0 Å². The highest BCUT2D eigenvalue weighted by Gasteiger charge is 2.21. The molecule has 2 atom stereocenters. The Morgan fingerprint density at radius 3 is 2.80 bits per heavy atom. The first-order chi connectivity index (χ1) is 21.9. The van der Waals surface area contributed by atoms with Crippen molar-refractivity contribution in [3.05, 3.63) is 71.9 Å². The van der Waals surface area contributed by atoms with Crippen LogP contribution in [0.2, 0.25) is 0 Å². The van der Waals surface area contributed by atoms with Gasteiger partial charge in [-0.1, -0.05) is 24.5 Å². The molecule has 2 amide bonds. The molecule has 0 radical (unpaired) electrons. The van der Waals surface area contributed by atoms with Gasteiger partial charge in [-0.05, 0) is 66.6 Å². The second kappa shape index (κ2) is 14.9. The van der Waals surface area contributed by atoms with Crippen molar-refractivity contribution in [3.8, 4) is 16.9 Å². The number of imidazole rings is 1. The minimum atomic E-state index is -0.613. The van der Waals surface area contributed by atoms with E-state index in [1.165, 1.54) is 19.5 Å². The molecule has 0 aliphatic carbocycles. The Morgan fingerprint density at radius 1 is 1.13 bits per heavy atom. The maximum absolute atomic E-state index is 13.2. The minimum absolute atomic E-state index is 0.122. The van der Waals surface area contributed by atoms with Crippen LogP contribution in [0.1, 0.15) is 48.7 Å². The van der Waals surface area contributed by atoms with Gasteiger partial charge >= 0.3 is 6.09 Å². The van der Waals surface area contributed by atoms with E-state index in [0.29, 0.717) is 35.7 Å². The number of aromatic nitrogens is 6. The van der Waals surface area contributed by atoms with E-state index in [1.807, 2.05) is 31.2 Å². The summed E-state index contributed by atoms with van der Waals surface area (Å²) in [5.41, 5.74) is 5.13. The van der Waals surface area contributed by atoms with Crippen molar-refractivity contribution in [2.24, 2.45) is 0 Å². The number of methoxy groups -OCH3 is 1. The molecule has 234 valence electrons. The van der Waals surface area contributed by atoms with Crippen LogP contribution in [0.4, 0.5) is 16.2 Å². The third kappa shape index (κ3) is 8.17. The number of H-pyrrole nitrogens is 1. The minimum Gasteiger partial charge on any atom is -0.447 e. The number of ether oxygens (including phenoxy) is 2. The van der Waals surface area contributed by atoms with Gasteiger partial charge in [-0.15, -0.1) is 5.10 Å². The Labute approximate surface area is 259 Å². The monoisotopic (exact) mass is 613 g/mol. The molecule has 1 aliphatic heterocycles. The lowest BCUT2D eigenvalue weighted by Gasteiger charge is -2.20. The quantitative estimate of drug-likeness (QED) is 0.123. The SMILES string of the molecule is COCCOC(=O)Nc1ccc2c(c1)N[C@@H](C=O)CCCC[C@H](NC(=O)/C=C/c1cc(C)ccc1-n1cnnn1)c1ncc-2[nH]1. The van der Waals surface area contributed by atoms with Crippen molar-refractivity contribution in [2.45, 2.75) is 44.7 Å². The predicted molar refractivity (Wildman–Crippen MR) is 167 cm³/mol. The van der Waals surface area contributed by atoms with Crippen molar-refractivity contribution in [1.29, 1.82) is 0 Å². The lowest BCUT2D eigenvalue weighted by molar-refractivity contribution is -0.117. The zero-order valence-corrected chi connectivity index (χ0v) is 25.0. The smallest absolute Gasteiger partial charge is 0.411 e. The highest BCUT2D eigenvalue weighted by atomic mass is 16.6. The van der Waals surface area contributed by atoms with Gasteiger partial charge in [0.2, 0.25) is 5.91 Å². The molecule has 14 nitrogen and oxygen atoms in total. The first-order valence-corrected chi connectivity index (χ1v) is 14.6. The molecule has 4 N–H and O–H groups in total. The molecule has 0 saturated heterocycles. The average Bonchev–Trinajstić information content (AvgIpc) is 3.74. The Kier molecular flexibility index (Phi) is 10.3. The summed E-state index contributed by atoms with van der Waals surface area (Å²) in [5.74, 6) is 0.328. The molecule has 0 unspecified atom stereocenters. The fourth-order valence-electron chi connectivity index (χ4n) is 5.04. The maximum atomic E-state index is 13.2. The molecule has 5 rings (SSSR count). The van der Waals surface area contributed by atoms with E-state index in [2.05, 4.69) is 41.4 Å². The van der Waals surface area contributed by atoms with E-state index in [0.717, 1.165) is 41.5 Å². The summed E-state index contributed by atoms with van der Waals surface area (Å²) >= 11 is 0. The van der Waals surface area contributed by atoms with Gasteiger partial charge in [0.15, 0.2) is 0 Å². The number of aryl methyl sites for hydroxylation is 1. The van der Waals surface area contributed by atoms with Crippen LogP contribution in [0.15, 0.2) is 55.0 Å². The number of amides is 2. The largest absolute Gasteiger partial charge is 0.447 e. The van der Waals surface area contributed by atoms with Crippen LogP contribution in [0.25, 0.3) is 23.0 Å². The summed E-state index contributed by atoms with van der Waals surface area (Å²) in [6.07, 6.45) is 9.38. The molecule has 2 aromatic heterocycles. The van der Waals surface area contributed by atoms with Gasteiger partial charge < -0.3 is 29.9 Å². The van der Waals surface area contributed by atoms with Gasteiger partial charge in [0, 0.05) is 35.7 Å². The van der Waals surface area contributed by atoms with Crippen LogP contribution >= 0.6 is 0 Å². The second-order valence-corrected chi connectivity index (χ2v) is 10.6. The molecule has 0 saturated carbocycles. The van der Waals surface area contributed by atoms with Crippen LogP contribution in [0.5, 0.6) is 0 Å². The maximum Gasteiger partial charge on any atom is 0.411 e. The van der Waals surface area contributed by atoms with Gasteiger partial charge in [-0.2, -0.15) is 4.68 Å². The predicted octanol–water partition coefficient (Wildman–Crippen LogP) is 3.98. The van der Waals surface area contributed by atoms with Gasteiger partial charge in [0.05, 0.1) is 36.3 Å². The van der Waals surface area contributed by atoms with Gasteiger partial charge in [0.25, 0.3) is 0 Å². The van der Waals surface area contributed by atoms with Gasteiger partial charge in [-0.3, -0.25) is 10.1 Å². The summed E-state index contributed by atoms with van der Waals surface area (Å²) in [6, 6.07) is 10.3. The van der Waals surface area contributed by atoms with Gasteiger partial charge in [0.1, 0.15) is 25.0 Å². The van der Waals surface area contributed by atoms with Crippen molar-refractivity contribution in [2.75, 3.05) is 31.0 Å². The van der Waals surface area contributed by atoms with Crippen molar-refractivity contribution in [1.82, 2.24) is 35.5 Å². The normalized spacial score (nSPS) is 16.5. The van der Waals surface area contributed by atoms with Crippen molar-refractivity contribution < 1.29 is 23.9 Å². The fourth-order valence-corrected chi connectivity index (χ4v) is 5.04. The molecule has 45 heavy (non-hydrogen) atoms. The summed E-state index contributed by atoms with van der Waals surface area (Å²) in [4.78, 5) is 45.3. The van der Waals surface area contributed by atoms with Crippen LogP contribution in [0.3, 0.4) is 0 Å². The van der Waals surface area contributed by atoms with E-state index < -0.39 is 12.1 Å². The first-order valence-electron chi connectivity index (χ1n) is 14.6. The number of tetrazole rings is 1. The fraction of sp³-hybridized carbons (Fsp3) is 0.323. The van der Waals surface area contributed by atoms with Crippen molar-refractivity contribution in [3.63, 3.8) is 0 Å². The lowest BCUT2D eigenvalue weighted by atomic mass is 10.0. The third-order valence-corrected chi connectivity index (χ3v) is 7.28. The Morgan fingerprint density at radius 2 is 2.00 bits per heavy atom.